The van der Waals surface area contributed by atoms with E-state index < -0.39 is 0 Å². The summed E-state index contributed by atoms with van der Waals surface area (Å²) in [5.74, 6) is 1.10. The third-order valence-corrected chi connectivity index (χ3v) is 4.57. The van der Waals surface area contributed by atoms with Crippen LogP contribution in [0, 0.1) is 20.8 Å². The molecule has 0 radical (unpaired) electrons. The van der Waals surface area contributed by atoms with E-state index in [0.717, 1.165) is 18.0 Å². The molecule has 3 heteroatoms. The number of aryl methyl sites for hydroxylation is 4. The van der Waals surface area contributed by atoms with Gasteiger partial charge in [-0.25, -0.2) is 4.57 Å². The summed E-state index contributed by atoms with van der Waals surface area (Å²) in [7, 11) is 0. The van der Waals surface area contributed by atoms with Gasteiger partial charge in [-0.2, -0.15) is 4.40 Å². The van der Waals surface area contributed by atoms with E-state index in [-0.39, 0.29) is 0 Å². The highest BCUT2D eigenvalue weighted by atomic mass is 15.2. The average molecular weight is 252 g/mol. The summed E-state index contributed by atoms with van der Waals surface area (Å²) in [5.41, 5.74) is 7.90. The lowest BCUT2D eigenvalue weighted by Crippen LogP contribution is -2.38. The number of fused-ring (bicyclic) bond motifs is 3. The van der Waals surface area contributed by atoms with Crippen LogP contribution in [0.3, 0.4) is 0 Å². The summed E-state index contributed by atoms with van der Waals surface area (Å²) in [4.78, 5) is 4.84. The van der Waals surface area contributed by atoms with Crippen molar-refractivity contribution < 1.29 is 4.57 Å². The second kappa shape index (κ2) is 3.56. The lowest BCUT2D eigenvalue weighted by molar-refractivity contribution is -0.651. The molecule has 4 rings (SSSR count). The highest BCUT2D eigenvalue weighted by Gasteiger charge is 2.27. The fourth-order valence-corrected chi connectivity index (χ4v) is 3.34. The van der Waals surface area contributed by atoms with Crippen LogP contribution >= 0.6 is 0 Å². The van der Waals surface area contributed by atoms with E-state index in [1.54, 1.807) is 0 Å². The molecule has 0 fully saturated rings. The van der Waals surface area contributed by atoms with Gasteiger partial charge < -0.3 is 0 Å². The van der Waals surface area contributed by atoms with E-state index in [4.69, 9.17) is 4.98 Å². The Hall–Kier alpha value is -1.90. The van der Waals surface area contributed by atoms with Gasteiger partial charge in [0.1, 0.15) is 16.7 Å². The predicted molar refractivity (Wildman–Crippen MR) is 75.4 cm³/mol. The summed E-state index contributed by atoms with van der Waals surface area (Å²) in [6, 6.07) is 6.65. The minimum absolute atomic E-state index is 1.08. The lowest BCUT2D eigenvalue weighted by atomic mass is 10.0. The van der Waals surface area contributed by atoms with E-state index in [1.165, 1.54) is 40.7 Å². The lowest BCUT2D eigenvalue weighted by Gasteiger charge is -2.09. The van der Waals surface area contributed by atoms with Crippen molar-refractivity contribution in [2.24, 2.45) is 0 Å². The number of para-hydroxylation sites is 1. The fourth-order valence-electron chi connectivity index (χ4n) is 3.34. The van der Waals surface area contributed by atoms with E-state index in [2.05, 4.69) is 47.9 Å². The summed E-state index contributed by atoms with van der Waals surface area (Å²) in [5, 5.41) is 0. The molecule has 19 heavy (non-hydrogen) atoms. The molecule has 0 aliphatic carbocycles. The molecule has 0 bridgehead atoms. The van der Waals surface area contributed by atoms with E-state index >= 15 is 0 Å². The summed E-state index contributed by atoms with van der Waals surface area (Å²) in [6.45, 7) is 7.55. The molecular weight excluding hydrogens is 234 g/mol. The van der Waals surface area contributed by atoms with E-state index in [0.29, 0.717) is 0 Å². The monoisotopic (exact) mass is 252 g/mol. The summed E-state index contributed by atoms with van der Waals surface area (Å²) in [6.07, 6.45) is 2.40. The van der Waals surface area contributed by atoms with Crippen LogP contribution in [0.2, 0.25) is 0 Å². The number of imidazole rings is 1. The van der Waals surface area contributed by atoms with Gasteiger partial charge in [-0.15, -0.1) is 0 Å². The Bertz CT molecular complexity index is 827. The zero-order valence-electron chi connectivity index (χ0n) is 11.7. The molecule has 1 aromatic carbocycles. The van der Waals surface area contributed by atoms with Gasteiger partial charge in [-0.3, -0.25) is 0 Å². The van der Waals surface area contributed by atoms with Gasteiger partial charge in [0.15, 0.2) is 0 Å². The van der Waals surface area contributed by atoms with Gasteiger partial charge in [0.25, 0.3) is 0 Å². The summed E-state index contributed by atoms with van der Waals surface area (Å²) >= 11 is 0. The number of nitrogens with zero attached hydrogens (tertiary/aromatic N) is 3. The van der Waals surface area contributed by atoms with Crippen LogP contribution in [0.15, 0.2) is 18.2 Å². The van der Waals surface area contributed by atoms with Crippen molar-refractivity contribution >= 4 is 16.8 Å². The standard InChI is InChI=1S/C16H18N3/c1-10-11(2)17-16-18-9-5-7-13-6-4-8-14(15(13)18)19(16)12(10)3/h4,6,8H,5,7,9H2,1-3H3/q+1. The first-order chi connectivity index (χ1) is 9.18. The Labute approximate surface area is 112 Å². The van der Waals surface area contributed by atoms with Gasteiger partial charge in [0, 0.05) is 5.56 Å². The number of benzene rings is 1. The number of rotatable bonds is 0. The molecule has 1 aliphatic heterocycles. The molecular formula is C16H18N3+. The molecule has 3 heterocycles. The molecule has 3 nitrogen and oxygen atoms in total. The molecule has 0 saturated carbocycles. The Morgan fingerprint density at radius 2 is 2.05 bits per heavy atom. The van der Waals surface area contributed by atoms with Crippen molar-refractivity contribution in [3.8, 4) is 0 Å². The van der Waals surface area contributed by atoms with Crippen molar-refractivity contribution in [3.63, 3.8) is 0 Å². The number of aromatic nitrogens is 3. The predicted octanol–water partition coefficient (Wildman–Crippen LogP) is 2.65. The topological polar surface area (TPSA) is 21.2 Å². The fraction of sp³-hybridized carbons (Fsp3) is 0.375. The van der Waals surface area contributed by atoms with Crippen LogP contribution in [-0.4, -0.2) is 9.38 Å². The van der Waals surface area contributed by atoms with Crippen LogP contribution in [0.4, 0.5) is 0 Å². The van der Waals surface area contributed by atoms with E-state index in [1.807, 2.05) is 0 Å². The molecule has 0 spiro atoms. The quantitative estimate of drug-likeness (QED) is 0.564. The SMILES string of the molecule is Cc1nc2n(c(C)c1C)c1cccc3c1[n+]2CCC3. The number of hydrogen-bond donors (Lipinski definition) is 0. The van der Waals surface area contributed by atoms with Crippen molar-refractivity contribution in [3.05, 3.63) is 40.7 Å². The maximum absolute atomic E-state index is 4.84. The third-order valence-electron chi connectivity index (χ3n) is 4.57. The van der Waals surface area contributed by atoms with Gasteiger partial charge in [0.2, 0.25) is 0 Å². The Kier molecular flexibility index (Phi) is 2.06. The second-order valence-corrected chi connectivity index (χ2v) is 5.58. The largest absolute Gasteiger partial charge is 0.404 e. The number of hydrogen-bond acceptors (Lipinski definition) is 1. The van der Waals surface area contributed by atoms with Crippen LogP contribution in [0.25, 0.3) is 16.8 Å². The first-order valence-electron chi connectivity index (χ1n) is 6.98. The first kappa shape index (κ1) is 11.0. The van der Waals surface area contributed by atoms with E-state index in [9.17, 15) is 0 Å². The maximum atomic E-state index is 4.84. The normalized spacial score (nSPS) is 14.5. The Morgan fingerprint density at radius 3 is 2.89 bits per heavy atom. The molecule has 1 aliphatic rings. The minimum Gasteiger partial charge on any atom is -0.224 e. The van der Waals surface area contributed by atoms with Gasteiger partial charge in [0.05, 0.1) is 12.2 Å². The van der Waals surface area contributed by atoms with Crippen LogP contribution in [-0.2, 0) is 13.0 Å². The van der Waals surface area contributed by atoms with Crippen LogP contribution < -0.4 is 4.57 Å². The van der Waals surface area contributed by atoms with Crippen molar-refractivity contribution in [2.45, 2.75) is 40.2 Å². The Balaban J connectivity index is 2.34. The van der Waals surface area contributed by atoms with Crippen LogP contribution in [0.5, 0.6) is 0 Å². The van der Waals surface area contributed by atoms with Crippen molar-refractivity contribution in [2.75, 3.05) is 0 Å². The highest BCUT2D eigenvalue weighted by molar-refractivity contribution is 5.79. The molecule has 96 valence electrons. The molecule has 3 aromatic rings. The van der Waals surface area contributed by atoms with Gasteiger partial charge in [-0.05, 0) is 45.2 Å². The Morgan fingerprint density at radius 1 is 1.21 bits per heavy atom. The smallest absolute Gasteiger partial charge is 0.224 e. The molecule has 2 aromatic heterocycles. The van der Waals surface area contributed by atoms with Gasteiger partial charge >= 0.3 is 5.78 Å². The second-order valence-electron chi connectivity index (χ2n) is 5.58. The van der Waals surface area contributed by atoms with Crippen molar-refractivity contribution in [1.82, 2.24) is 9.38 Å². The first-order valence-corrected chi connectivity index (χ1v) is 6.98. The van der Waals surface area contributed by atoms with Gasteiger partial charge in [-0.1, -0.05) is 17.1 Å². The minimum atomic E-state index is 1.08. The van der Waals surface area contributed by atoms with Crippen molar-refractivity contribution in [1.29, 1.82) is 0 Å². The molecule has 0 amide bonds. The summed E-state index contributed by atoms with van der Waals surface area (Å²) < 4.78 is 4.72. The molecule has 0 unspecified atom stereocenters. The van der Waals surface area contributed by atoms with Crippen LogP contribution in [0.1, 0.15) is 28.9 Å². The average Bonchev–Trinajstić information content (AvgIpc) is 2.74. The molecule has 0 saturated heterocycles. The zero-order valence-corrected chi connectivity index (χ0v) is 11.7. The molecule has 0 N–H and O–H groups in total. The third kappa shape index (κ3) is 1.28. The highest BCUT2D eigenvalue weighted by Crippen LogP contribution is 2.25. The maximum Gasteiger partial charge on any atom is 0.404 e. The zero-order chi connectivity index (χ0) is 13.1. The molecule has 0 atom stereocenters.